The number of rotatable bonds is 1. The summed E-state index contributed by atoms with van der Waals surface area (Å²) in [6.07, 6.45) is 2.34. The minimum absolute atomic E-state index is 0.252. The van der Waals surface area contributed by atoms with Gasteiger partial charge in [0.15, 0.2) is 0 Å². The van der Waals surface area contributed by atoms with Crippen molar-refractivity contribution in [3.8, 4) is 11.5 Å². The monoisotopic (exact) mass is 281 g/mol. The highest BCUT2D eigenvalue weighted by Gasteiger charge is 2.32. The van der Waals surface area contributed by atoms with E-state index < -0.39 is 0 Å². The molecule has 2 aromatic rings. The van der Waals surface area contributed by atoms with Gasteiger partial charge < -0.3 is 14.7 Å². The molecule has 2 heterocycles. The van der Waals surface area contributed by atoms with E-state index in [2.05, 4.69) is 30.0 Å². The molecule has 0 amide bonds. The van der Waals surface area contributed by atoms with Crippen LogP contribution in [0.25, 0.3) is 0 Å². The predicted molar refractivity (Wildman–Crippen MR) is 83.2 cm³/mol. The maximum atomic E-state index is 9.59. The Morgan fingerprint density at radius 2 is 2.10 bits per heavy atom. The van der Waals surface area contributed by atoms with Crippen molar-refractivity contribution in [3.05, 3.63) is 53.1 Å². The Morgan fingerprint density at radius 1 is 1.19 bits per heavy atom. The Kier molecular flexibility index (Phi) is 2.81. The molecule has 0 saturated heterocycles. The van der Waals surface area contributed by atoms with Crippen molar-refractivity contribution in [1.29, 1.82) is 0 Å². The van der Waals surface area contributed by atoms with Crippen LogP contribution in [0.5, 0.6) is 11.5 Å². The molecule has 0 fully saturated rings. The van der Waals surface area contributed by atoms with Crippen molar-refractivity contribution in [2.75, 3.05) is 18.1 Å². The van der Waals surface area contributed by atoms with Crippen molar-refractivity contribution in [3.63, 3.8) is 0 Å². The molecular weight excluding hydrogens is 262 g/mol. The Hall–Kier alpha value is -2.16. The van der Waals surface area contributed by atoms with Crippen molar-refractivity contribution in [2.45, 2.75) is 25.8 Å². The smallest absolute Gasteiger partial charge is 0.128 e. The van der Waals surface area contributed by atoms with Crippen molar-refractivity contribution in [2.24, 2.45) is 0 Å². The van der Waals surface area contributed by atoms with Crippen LogP contribution in [0.15, 0.2) is 36.4 Å². The number of anilines is 1. The number of fused-ring (bicyclic) bond motifs is 2. The minimum Gasteiger partial charge on any atom is -0.508 e. The second kappa shape index (κ2) is 4.69. The van der Waals surface area contributed by atoms with E-state index >= 15 is 0 Å². The third-order valence-corrected chi connectivity index (χ3v) is 4.52. The number of aryl methyl sites for hydroxylation is 2. The van der Waals surface area contributed by atoms with Gasteiger partial charge in [-0.3, -0.25) is 0 Å². The van der Waals surface area contributed by atoms with E-state index in [0.717, 1.165) is 18.7 Å². The molecule has 1 atom stereocenters. The van der Waals surface area contributed by atoms with Gasteiger partial charge in [-0.1, -0.05) is 17.7 Å². The zero-order valence-corrected chi connectivity index (χ0v) is 12.2. The van der Waals surface area contributed by atoms with Crippen LogP contribution in [0.2, 0.25) is 0 Å². The fraction of sp³-hybridized carbons (Fsp3) is 0.333. The Balaban J connectivity index is 1.74. The van der Waals surface area contributed by atoms with E-state index in [1.54, 1.807) is 12.1 Å². The van der Waals surface area contributed by atoms with Crippen LogP contribution >= 0.6 is 0 Å². The van der Waals surface area contributed by atoms with E-state index in [-0.39, 0.29) is 11.8 Å². The van der Waals surface area contributed by atoms with Crippen molar-refractivity contribution < 1.29 is 9.84 Å². The molecule has 2 aliphatic heterocycles. The van der Waals surface area contributed by atoms with E-state index in [1.165, 1.54) is 28.8 Å². The topological polar surface area (TPSA) is 32.7 Å². The molecule has 0 aromatic heterocycles. The molecule has 0 saturated carbocycles. The molecule has 1 N–H and O–H groups in total. The van der Waals surface area contributed by atoms with E-state index in [4.69, 9.17) is 4.74 Å². The van der Waals surface area contributed by atoms with Crippen LogP contribution in [0.1, 0.15) is 29.2 Å². The summed E-state index contributed by atoms with van der Waals surface area (Å²) >= 11 is 0. The number of phenols is 1. The fourth-order valence-corrected chi connectivity index (χ4v) is 3.52. The molecule has 108 valence electrons. The lowest BCUT2D eigenvalue weighted by Gasteiger charge is -2.35. The standard InChI is InChI=1S/C18H19NO2/c1-12-4-7-16-13(9-12)3-2-8-19(16)17-11-21-18-10-14(20)5-6-15(17)18/h4-7,9-10,17,20H,2-3,8,11H2,1H3. The molecule has 0 radical (unpaired) electrons. The zero-order chi connectivity index (χ0) is 14.4. The largest absolute Gasteiger partial charge is 0.508 e. The van der Waals surface area contributed by atoms with Gasteiger partial charge in [0, 0.05) is 23.9 Å². The highest BCUT2D eigenvalue weighted by atomic mass is 16.5. The summed E-state index contributed by atoms with van der Waals surface area (Å²) in [7, 11) is 0. The molecule has 2 aromatic carbocycles. The van der Waals surface area contributed by atoms with Gasteiger partial charge in [-0.15, -0.1) is 0 Å². The average molecular weight is 281 g/mol. The van der Waals surface area contributed by atoms with Gasteiger partial charge >= 0.3 is 0 Å². The summed E-state index contributed by atoms with van der Waals surface area (Å²) < 4.78 is 5.78. The second-order valence-corrected chi connectivity index (χ2v) is 5.98. The fourth-order valence-electron chi connectivity index (χ4n) is 3.52. The third-order valence-electron chi connectivity index (χ3n) is 4.52. The minimum atomic E-state index is 0.252. The third kappa shape index (κ3) is 2.04. The summed E-state index contributed by atoms with van der Waals surface area (Å²) in [5.74, 6) is 1.09. The van der Waals surface area contributed by atoms with E-state index in [9.17, 15) is 5.11 Å². The molecule has 3 heteroatoms. The maximum absolute atomic E-state index is 9.59. The van der Waals surface area contributed by atoms with Gasteiger partial charge in [-0.2, -0.15) is 0 Å². The van der Waals surface area contributed by atoms with Gasteiger partial charge in [-0.25, -0.2) is 0 Å². The number of phenolic OH excluding ortho intramolecular Hbond substituents is 1. The van der Waals surface area contributed by atoms with Crippen LogP contribution < -0.4 is 9.64 Å². The summed E-state index contributed by atoms with van der Waals surface area (Å²) in [4.78, 5) is 2.46. The summed E-state index contributed by atoms with van der Waals surface area (Å²) in [6.45, 7) is 3.87. The van der Waals surface area contributed by atoms with Crippen LogP contribution in [0.3, 0.4) is 0 Å². The van der Waals surface area contributed by atoms with Crippen LogP contribution in [0.4, 0.5) is 5.69 Å². The Labute approximate surface area is 124 Å². The van der Waals surface area contributed by atoms with Gasteiger partial charge in [0.1, 0.15) is 18.1 Å². The molecular formula is C18H19NO2. The number of hydrogen-bond acceptors (Lipinski definition) is 3. The number of aromatic hydroxyl groups is 1. The van der Waals surface area contributed by atoms with Crippen LogP contribution in [0, 0.1) is 6.92 Å². The van der Waals surface area contributed by atoms with Crippen molar-refractivity contribution in [1.82, 2.24) is 0 Å². The average Bonchev–Trinajstić information content (AvgIpc) is 2.89. The van der Waals surface area contributed by atoms with Crippen molar-refractivity contribution >= 4 is 5.69 Å². The normalized spacial score (nSPS) is 19.9. The van der Waals surface area contributed by atoms with Crippen LogP contribution in [-0.2, 0) is 6.42 Å². The van der Waals surface area contributed by atoms with Gasteiger partial charge in [0.25, 0.3) is 0 Å². The highest BCUT2D eigenvalue weighted by Crippen LogP contribution is 2.42. The molecule has 21 heavy (non-hydrogen) atoms. The number of benzene rings is 2. The maximum Gasteiger partial charge on any atom is 0.128 e. The quantitative estimate of drug-likeness (QED) is 0.867. The summed E-state index contributed by atoms with van der Waals surface area (Å²) in [5, 5.41) is 9.59. The zero-order valence-electron chi connectivity index (χ0n) is 12.2. The number of hydrogen-bond donors (Lipinski definition) is 1. The van der Waals surface area contributed by atoms with Crippen LogP contribution in [-0.4, -0.2) is 18.3 Å². The highest BCUT2D eigenvalue weighted by molar-refractivity contribution is 5.60. The lowest BCUT2D eigenvalue weighted by Crippen LogP contribution is -2.34. The molecule has 2 aliphatic rings. The first-order valence-corrected chi connectivity index (χ1v) is 7.54. The van der Waals surface area contributed by atoms with E-state index in [1.807, 2.05) is 6.07 Å². The van der Waals surface area contributed by atoms with Gasteiger partial charge in [-0.05, 0) is 43.5 Å². The SMILES string of the molecule is Cc1ccc2c(c1)CCCN2C1COc2cc(O)ccc21. The molecule has 4 rings (SSSR count). The van der Waals surface area contributed by atoms with E-state index in [0.29, 0.717) is 6.61 Å². The first-order chi connectivity index (χ1) is 10.2. The molecule has 0 aliphatic carbocycles. The Morgan fingerprint density at radius 3 is 3.00 bits per heavy atom. The lowest BCUT2D eigenvalue weighted by molar-refractivity contribution is 0.323. The first kappa shape index (κ1) is 12.6. The number of nitrogens with zero attached hydrogens (tertiary/aromatic N) is 1. The summed E-state index contributed by atoms with van der Waals surface area (Å²) in [5.41, 5.74) is 5.28. The lowest BCUT2D eigenvalue weighted by atomic mass is 9.96. The molecule has 1 unspecified atom stereocenters. The first-order valence-electron chi connectivity index (χ1n) is 7.54. The second-order valence-electron chi connectivity index (χ2n) is 5.98. The van der Waals surface area contributed by atoms with Gasteiger partial charge in [0.05, 0.1) is 6.04 Å². The number of ether oxygens (including phenoxy) is 1. The Bertz CT molecular complexity index is 696. The molecule has 0 spiro atoms. The molecule has 0 bridgehead atoms. The predicted octanol–water partition coefficient (Wildman–Crippen LogP) is 3.59. The molecule has 3 nitrogen and oxygen atoms in total. The summed E-state index contributed by atoms with van der Waals surface area (Å²) in [6, 6.07) is 12.4. The van der Waals surface area contributed by atoms with Gasteiger partial charge in [0.2, 0.25) is 0 Å².